The molecule has 0 amide bonds. The summed E-state index contributed by atoms with van der Waals surface area (Å²) in [7, 11) is -1.40. The van der Waals surface area contributed by atoms with Crippen molar-refractivity contribution in [1.82, 2.24) is 0 Å². The molecule has 2 N–H and O–H groups in total. The summed E-state index contributed by atoms with van der Waals surface area (Å²) < 4.78 is -0.729. The van der Waals surface area contributed by atoms with Crippen LogP contribution >= 0.6 is 12.6 Å². The molecule has 1 atom stereocenters. The van der Waals surface area contributed by atoms with Gasteiger partial charge in [0.05, 0.1) is 19.8 Å². The molecule has 0 fully saturated rings. The van der Waals surface area contributed by atoms with Gasteiger partial charge in [-0.25, -0.2) is 0 Å². The second kappa shape index (κ2) is 11.4. The zero-order chi connectivity index (χ0) is 15.4. The van der Waals surface area contributed by atoms with Gasteiger partial charge in [-0.1, -0.05) is 58.4 Å². The lowest BCUT2D eigenvalue weighted by atomic mass is 10.1. The monoisotopic (exact) mass is 315 g/mol. The van der Waals surface area contributed by atoms with Crippen LogP contribution in [0.1, 0.15) is 64.7 Å². The smallest absolute Gasteiger partial charge is 0.108 e. The first-order valence-electron chi connectivity index (χ1n) is 7.65. The lowest BCUT2D eigenvalue weighted by molar-refractivity contribution is 0.300. The van der Waals surface area contributed by atoms with E-state index in [-0.39, 0.29) is 18.4 Å². The number of nitriles is 1. The van der Waals surface area contributed by atoms with E-state index in [2.05, 4.69) is 25.6 Å². The summed E-state index contributed by atoms with van der Waals surface area (Å²) in [6.07, 6.45) is 9.46. The highest BCUT2D eigenvalue weighted by Gasteiger charge is 2.30. The summed E-state index contributed by atoms with van der Waals surface area (Å²) in [4.78, 5) is 0. The fourth-order valence-electron chi connectivity index (χ4n) is 2.20. The molecule has 5 heteroatoms. The Balaban J connectivity index is 4.20. The molecule has 0 spiro atoms. The van der Waals surface area contributed by atoms with Crippen molar-refractivity contribution < 1.29 is 10.2 Å². The highest BCUT2D eigenvalue weighted by atomic mass is 32.1. The topological polar surface area (TPSA) is 64.2 Å². The van der Waals surface area contributed by atoms with Crippen LogP contribution in [0.25, 0.3) is 0 Å². The Hall–Kier alpha value is -0.313. The maximum absolute atomic E-state index is 9.89. The number of aliphatic hydroxyl groups excluding tert-OH is 2. The fourth-order valence-corrected chi connectivity index (χ4v) is 4.43. The molecule has 0 heterocycles. The summed E-state index contributed by atoms with van der Waals surface area (Å²) in [6, 6.07) is 2.28. The molecule has 0 rings (SSSR count). The number of rotatable bonds is 11. The van der Waals surface area contributed by atoms with Crippen molar-refractivity contribution in [2.24, 2.45) is 0 Å². The van der Waals surface area contributed by atoms with E-state index in [1.807, 2.05) is 6.55 Å². The van der Waals surface area contributed by atoms with Crippen LogP contribution in [0.15, 0.2) is 0 Å². The van der Waals surface area contributed by atoms with E-state index in [1.54, 1.807) is 0 Å². The van der Waals surface area contributed by atoms with E-state index < -0.39 is 12.8 Å². The molecule has 0 aromatic rings. The van der Waals surface area contributed by atoms with E-state index in [9.17, 15) is 10.4 Å². The predicted molar refractivity (Wildman–Crippen MR) is 90.2 cm³/mol. The Kier molecular flexibility index (Phi) is 11.2. The van der Waals surface area contributed by atoms with Crippen LogP contribution < -0.4 is 0 Å². The maximum Gasteiger partial charge on any atom is 0.108 e. The molecule has 0 aliphatic heterocycles. The first-order chi connectivity index (χ1) is 9.51. The number of hydrogen-bond donors (Lipinski definition) is 3. The highest BCUT2D eigenvalue weighted by molar-refractivity contribution is 7.84. The average molecular weight is 316 g/mol. The minimum absolute atomic E-state index is 0.0689. The van der Waals surface area contributed by atoms with Gasteiger partial charge in [-0.3, -0.25) is 0 Å². The minimum atomic E-state index is -1.40. The van der Waals surface area contributed by atoms with Crippen LogP contribution in [-0.4, -0.2) is 35.0 Å². The van der Waals surface area contributed by atoms with Crippen molar-refractivity contribution in [3.8, 4) is 6.07 Å². The normalized spacial score (nSPS) is 15.3. The van der Waals surface area contributed by atoms with Crippen molar-refractivity contribution in [1.29, 1.82) is 5.26 Å². The van der Waals surface area contributed by atoms with E-state index >= 15 is 0 Å². The molecule has 3 nitrogen and oxygen atoms in total. The number of nitrogens with zero attached hydrogens (tertiary/aromatic N) is 1. The molecule has 0 aliphatic rings. The lowest BCUT2D eigenvalue weighted by Gasteiger charge is -2.22. The van der Waals surface area contributed by atoms with Crippen molar-refractivity contribution in [2.75, 3.05) is 6.61 Å². The Bertz CT molecular complexity index is 341. The SMILES string of the molecule is CCCCCCCCCC(S)(C#N)/[Si](C)=C(\O)CCO. The van der Waals surface area contributed by atoms with Crippen LogP contribution in [0, 0.1) is 11.3 Å². The van der Waals surface area contributed by atoms with Gasteiger partial charge in [0.1, 0.15) is 4.37 Å². The van der Waals surface area contributed by atoms with Crippen molar-refractivity contribution in [2.45, 2.75) is 75.6 Å². The molecular weight excluding hydrogens is 286 g/mol. The maximum atomic E-state index is 9.89. The van der Waals surface area contributed by atoms with Crippen LogP contribution in [0.2, 0.25) is 6.55 Å². The van der Waals surface area contributed by atoms with Crippen molar-refractivity contribution in [3.05, 3.63) is 0 Å². The van der Waals surface area contributed by atoms with Crippen molar-refractivity contribution >= 4 is 26.4 Å². The molecule has 116 valence electrons. The number of unbranched alkanes of at least 4 members (excludes halogenated alkanes) is 6. The van der Waals surface area contributed by atoms with E-state index in [0.29, 0.717) is 0 Å². The zero-order valence-corrected chi connectivity index (χ0v) is 14.8. The largest absolute Gasteiger partial charge is 0.518 e. The molecular formula is C15H29NO2SSi. The molecule has 0 radical (unpaired) electrons. The van der Waals surface area contributed by atoms with Gasteiger partial charge in [-0.2, -0.15) is 17.9 Å². The predicted octanol–water partition coefficient (Wildman–Crippen LogP) is 3.45. The third-order valence-electron chi connectivity index (χ3n) is 3.73. The van der Waals surface area contributed by atoms with Gasteiger partial charge < -0.3 is 10.2 Å². The molecule has 20 heavy (non-hydrogen) atoms. The Morgan fingerprint density at radius 1 is 1.20 bits per heavy atom. The minimum Gasteiger partial charge on any atom is -0.518 e. The van der Waals surface area contributed by atoms with Gasteiger partial charge in [0, 0.05) is 13.0 Å². The van der Waals surface area contributed by atoms with Gasteiger partial charge >= 0.3 is 0 Å². The summed E-state index contributed by atoms with van der Waals surface area (Å²) in [5.41, 5.74) is 0. The summed E-state index contributed by atoms with van der Waals surface area (Å²) in [5.74, 6) is 0. The zero-order valence-electron chi connectivity index (χ0n) is 12.9. The molecule has 0 aromatic heterocycles. The van der Waals surface area contributed by atoms with E-state index in [1.165, 1.54) is 32.1 Å². The van der Waals surface area contributed by atoms with Crippen LogP contribution in [-0.2, 0) is 0 Å². The fraction of sp³-hybridized carbons (Fsp3) is 0.867. The Labute approximate surface area is 130 Å². The number of thiol groups is 1. The third kappa shape index (κ3) is 7.46. The Morgan fingerprint density at radius 3 is 2.25 bits per heavy atom. The summed E-state index contributed by atoms with van der Waals surface area (Å²) >= 11 is 4.53. The molecule has 0 saturated heterocycles. The summed E-state index contributed by atoms with van der Waals surface area (Å²) in [6.45, 7) is 4.05. The third-order valence-corrected chi connectivity index (χ3v) is 7.78. The molecule has 0 aromatic carbocycles. The standard InChI is InChI=1S/C15H29NO2SSi/c1-3-4-5-6-7-8-9-11-15(19,13-16)20(2)14(18)10-12-17/h17-19H,3-12H2,1-2H3/b20-14-. The molecule has 1 unspecified atom stereocenters. The Morgan fingerprint density at radius 2 is 1.75 bits per heavy atom. The lowest BCUT2D eigenvalue weighted by Crippen LogP contribution is -2.36. The highest BCUT2D eigenvalue weighted by Crippen LogP contribution is 2.23. The van der Waals surface area contributed by atoms with Crippen LogP contribution in [0.5, 0.6) is 0 Å². The molecule has 0 saturated carbocycles. The second-order valence-corrected chi connectivity index (χ2v) is 9.25. The average Bonchev–Trinajstić information content (AvgIpc) is 2.45. The summed E-state index contributed by atoms with van der Waals surface area (Å²) in [5, 5.41) is 28.4. The van der Waals surface area contributed by atoms with Crippen LogP contribution in [0.3, 0.4) is 0 Å². The van der Waals surface area contributed by atoms with Gasteiger partial charge in [0.15, 0.2) is 0 Å². The van der Waals surface area contributed by atoms with Gasteiger partial charge in [0.25, 0.3) is 0 Å². The molecule has 0 aliphatic carbocycles. The van der Waals surface area contributed by atoms with E-state index in [4.69, 9.17) is 5.11 Å². The first-order valence-corrected chi connectivity index (χ1v) is 10.1. The van der Waals surface area contributed by atoms with Crippen molar-refractivity contribution in [3.63, 3.8) is 0 Å². The molecule has 0 bridgehead atoms. The van der Waals surface area contributed by atoms with Crippen LogP contribution in [0.4, 0.5) is 0 Å². The van der Waals surface area contributed by atoms with Gasteiger partial charge in [0.2, 0.25) is 0 Å². The first kappa shape index (κ1) is 19.7. The van der Waals surface area contributed by atoms with Gasteiger partial charge in [-0.05, 0) is 6.42 Å². The number of hydrogen-bond acceptors (Lipinski definition) is 4. The quantitative estimate of drug-likeness (QED) is 0.311. The van der Waals surface area contributed by atoms with Gasteiger partial charge in [-0.15, -0.1) is 0 Å². The van der Waals surface area contributed by atoms with E-state index in [0.717, 1.165) is 19.3 Å². The number of aliphatic hydroxyl groups is 2. The second-order valence-electron chi connectivity index (χ2n) is 5.39.